The van der Waals surface area contributed by atoms with Gasteiger partial charge in [0.05, 0.1) is 19.3 Å². The summed E-state index contributed by atoms with van der Waals surface area (Å²) in [7, 11) is 0. The summed E-state index contributed by atoms with van der Waals surface area (Å²) in [5, 5.41) is 3.27. The normalized spacial score (nSPS) is 21.4. The Morgan fingerprint density at radius 1 is 1.42 bits per heavy atom. The summed E-state index contributed by atoms with van der Waals surface area (Å²) in [5.74, 6) is 1.01. The highest BCUT2D eigenvalue weighted by atomic mass is 16.5. The van der Waals surface area contributed by atoms with Crippen LogP contribution < -0.4 is 5.32 Å². The molecule has 0 aromatic rings. The summed E-state index contributed by atoms with van der Waals surface area (Å²) in [5.41, 5.74) is 0. The van der Waals surface area contributed by atoms with Gasteiger partial charge in [-0.2, -0.15) is 0 Å². The quantitative estimate of drug-likeness (QED) is 0.658. The standard InChI is InChI=1S/C14H26N2O3/c1-12(14(17)16-6-9-18-10-7-16)15-5-2-8-19-11-13-3-4-13/h12-13,15H,2-11H2,1H3. The minimum Gasteiger partial charge on any atom is -0.381 e. The van der Waals surface area contributed by atoms with Crippen molar-refractivity contribution in [3.8, 4) is 0 Å². The number of nitrogens with zero attached hydrogens (tertiary/aromatic N) is 1. The maximum Gasteiger partial charge on any atom is 0.239 e. The van der Waals surface area contributed by atoms with Crippen LogP contribution in [0.1, 0.15) is 26.2 Å². The minimum atomic E-state index is -0.110. The van der Waals surface area contributed by atoms with Crippen LogP contribution in [0.15, 0.2) is 0 Å². The van der Waals surface area contributed by atoms with E-state index in [-0.39, 0.29) is 11.9 Å². The number of carbonyl (C=O) groups is 1. The van der Waals surface area contributed by atoms with E-state index in [1.54, 1.807) is 0 Å². The zero-order chi connectivity index (χ0) is 13.5. The first kappa shape index (κ1) is 14.8. The number of hydrogen-bond donors (Lipinski definition) is 1. The fraction of sp³-hybridized carbons (Fsp3) is 0.929. The van der Waals surface area contributed by atoms with Crippen LogP contribution in [0.5, 0.6) is 0 Å². The van der Waals surface area contributed by atoms with Crippen LogP contribution in [0.2, 0.25) is 0 Å². The molecule has 1 saturated carbocycles. The number of ether oxygens (including phenoxy) is 2. The molecule has 5 heteroatoms. The second-order valence-electron chi connectivity index (χ2n) is 5.49. The van der Waals surface area contributed by atoms with Gasteiger partial charge in [0.25, 0.3) is 0 Å². The van der Waals surface area contributed by atoms with E-state index in [1.807, 2.05) is 11.8 Å². The van der Waals surface area contributed by atoms with E-state index >= 15 is 0 Å². The van der Waals surface area contributed by atoms with Crippen molar-refractivity contribution in [1.82, 2.24) is 10.2 Å². The fourth-order valence-electron chi connectivity index (χ4n) is 2.17. The first-order valence-corrected chi connectivity index (χ1v) is 7.45. The van der Waals surface area contributed by atoms with E-state index in [4.69, 9.17) is 9.47 Å². The molecule has 1 unspecified atom stereocenters. The van der Waals surface area contributed by atoms with Crippen LogP contribution in [0.25, 0.3) is 0 Å². The van der Waals surface area contributed by atoms with Gasteiger partial charge in [0.15, 0.2) is 0 Å². The summed E-state index contributed by atoms with van der Waals surface area (Å²) in [6.45, 7) is 7.24. The topological polar surface area (TPSA) is 50.8 Å². The zero-order valence-corrected chi connectivity index (χ0v) is 11.9. The summed E-state index contributed by atoms with van der Waals surface area (Å²) in [4.78, 5) is 14.0. The van der Waals surface area contributed by atoms with E-state index in [2.05, 4.69) is 5.32 Å². The van der Waals surface area contributed by atoms with Crippen LogP contribution in [0.3, 0.4) is 0 Å². The van der Waals surface area contributed by atoms with Crippen molar-refractivity contribution in [2.24, 2.45) is 5.92 Å². The van der Waals surface area contributed by atoms with E-state index in [0.29, 0.717) is 13.2 Å². The molecule has 1 aliphatic heterocycles. The second-order valence-corrected chi connectivity index (χ2v) is 5.49. The van der Waals surface area contributed by atoms with E-state index < -0.39 is 0 Å². The number of morpholine rings is 1. The lowest BCUT2D eigenvalue weighted by Gasteiger charge is -2.29. The molecule has 19 heavy (non-hydrogen) atoms. The molecule has 1 saturated heterocycles. The highest BCUT2D eigenvalue weighted by Crippen LogP contribution is 2.28. The predicted octanol–water partition coefficient (Wildman–Crippen LogP) is 0.640. The highest BCUT2D eigenvalue weighted by Gasteiger charge is 2.22. The van der Waals surface area contributed by atoms with Crippen LogP contribution in [-0.2, 0) is 14.3 Å². The Morgan fingerprint density at radius 2 is 2.16 bits per heavy atom. The van der Waals surface area contributed by atoms with Crippen molar-refractivity contribution in [2.45, 2.75) is 32.2 Å². The molecule has 1 amide bonds. The van der Waals surface area contributed by atoms with Gasteiger partial charge in [0, 0.05) is 26.3 Å². The van der Waals surface area contributed by atoms with Crippen molar-refractivity contribution in [1.29, 1.82) is 0 Å². The minimum absolute atomic E-state index is 0.110. The number of carbonyl (C=O) groups excluding carboxylic acids is 1. The molecule has 0 spiro atoms. The monoisotopic (exact) mass is 270 g/mol. The lowest BCUT2D eigenvalue weighted by molar-refractivity contribution is -0.137. The Kier molecular flexibility index (Phi) is 6.07. The fourth-order valence-corrected chi connectivity index (χ4v) is 2.17. The van der Waals surface area contributed by atoms with Crippen molar-refractivity contribution in [3.63, 3.8) is 0 Å². The van der Waals surface area contributed by atoms with Crippen LogP contribution in [0.4, 0.5) is 0 Å². The SMILES string of the molecule is CC(NCCCOCC1CC1)C(=O)N1CCOCC1. The lowest BCUT2D eigenvalue weighted by atomic mass is 10.2. The van der Waals surface area contributed by atoms with Gasteiger partial charge < -0.3 is 19.7 Å². The van der Waals surface area contributed by atoms with Crippen LogP contribution in [0, 0.1) is 5.92 Å². The highest BCUT2D eigenvalue weighted by molar-refractivity contribution is 5.81. The van der Waals surface area contributed by atoms with Gasteiger partial charge in [0.2, 0.25) is 5.91 Å². The van der Waals surface area contributed by atoms with Crippen molar-refractivity contribution in [3.05, 3.63) is 0 Å². The Morgan fingerprint density at radius 3 is 2.84 bits per heavy atom. The molecule has 0 aromatic carbocycles. The Balaban J connectivity index is 1.49. The van der Waals surface area contributed by atoms with Crippen molar-refractivity contribution in [2.75, 3.05) is 46.1 Å². The first-order chi connectivity index (χ1) is 9.27. The molecule has 110 valence electrons. The van der Waals surface area contributed by atoms with Gasteiger partial charge in [-0.05, 0) is 38.6 Å². The summed E-state index contributed by atoms with van der Waals surface area (Å²) in [6.07, 6.45) is 3.64. The molecular formula is C14H26N2O3. The lowest BCUT2D eigenvalue weighted by Crippen LogP contribution is -2.49. The Labute approximate surface area is 115 Å². The van der Waals surface area contributed by atoms with E-state index in [1.165, 1.54) is 12.8 Å². The predicted molar refractivity (Wildman–Crippen MR) is 73.0 cm³/mol. The molecule has 1 atom stereocenters. The largest absolute Gasteiger partial charge is 0.381 e. The second kappa shape index (κ2) is 7.82. The smallest absolute Gasteiger partial charge is 0.239 e. The zero-order valence-electron chi connectivity index (χ0n) is 11.9. The maximum atomic E-state index is 12.1. The third kappa shape index (κ3) is 5.47. The summed E-state index contributed by atoms with van der Waals surface area (Å²) >= 11 is 0. The van der Waals surface area contributed by atoms with Gasteiger partial charge in [-0.3, -0.25) is 4.79 Å². The first-order valence-electron chi connectivity index (χ1n) is 7.45. The third-order valence-electron chi connectivity index (χ3n) is 3.66. The molecule has 1 aliphatic carbocycles. The Bertz CT molecular complexity index is 276. The average Bonchev–Trinajstić information content (AvgIpc) is 3.26. The van der Waals surface area contributed by atoms with Gasteiger partial charge >= 0.3 is 0 Å². The Hall–Kier alpha value is -0.650. The average molecular weight is 270 g/mol. The van der Waals surface area contributed by atoms with Crippen molar-refractivity contribution < 1.29 is 14.3 Å². The molecule has 1 heterocycles. The van der Waals surface area contributed by atoms with Gasteiger partial charge in [-0.15, -0.1) is 0 Å². The van der Waals surface area contributed by atoms with Gasteiger partial charge in [0.1, 0.15) is 0 Å². The molecule has 0 radical (unpaired) electrons. The third-order valence-corrected chi connectivity index (χ3v) is 3.66. The maximum absolute atomic E-state index is 12.1. The number of rotatable bonds is 8. The number of amides is 1. The molecule has 1 N–H and O–H groups in total. The van der Waals surface area contributed by atoms with E-state index in [9.17, 15) is 4.79 Å². The van der Waals surface area contributed by atoms with Crippen LogP contribution in [-0.4, -0.2) is 62.9 Å². The van der Waals surface area contributed by atoms with Gasteiger partial charge in [-0.1, -0.05) is 0 Å². The molecule has 2 rings (SSSR count). The molecular weight excluding hydrogens is 244 g/mol. The molecule has 5 nitrogen and oxygen atoms in total. The number of hydrogen-bond acceptors (Lipinski definition) is 4. The number of nitrogens with one attached hydrogen (secondary N) is 1. The van der Waals surface area contributed by atoms with E-state index in [0.717, 1.165) is 45.2 Å². The molecule has 0 aromatic heterocycles. The van der Waals surface area contributed by atoms with Crippen molar-refractivity contribution >= 4 is 5.91 Å². The molecule has 2 aliphatic rings. The molecule has 0 bridgehead atoms. The summed E-state index contributed by atoms with van der Waals surface area (Å²) in [6, 6.07) is -0.110. The summed E-state index contributed by atoms with van der Waals surface area (Å²) < 4.78 is 10.8. The van der Waals surface area contributed by atoms with Gasteiger partial charge in [-0.25, -0.2) is 0 Å². The molecule has 2 fully saturated rings. The van der Waals surface area contributed by atoms with Crippen LogP contribution >= 0.6 is 0 Å².